The second-order valence-corrected chi connectivity index (χ2v) is 22.3. The molecule has 0 aromatic heterocycles. The number of ether oxygens (including phenoxy) is 3. The number of unbranched alkanes of at least 4 members (excludes halogenated alkanes) is 26. The third kappa shape index (κ3) is 68.0. The van der Waals surface area contributed by atoms with Gasteiger partial charge in [-0.05, 0) is 141 Å². The van der Waals surface area contributed by atoms with E-state index >= 15 is 0 Å². The van der Waals surface area contributed by atoms with E-state index in [-0.39, 0.29) is 31.1 Å². The molecule has 0 aliphatic carbocycles. The molecule has 0 radical (unpaired) electrons. The fraction of sp³-hybridized carbons (Fsp3) is 0.649. The highest BCUT2D eigenvalue weighted by Gasteiger charge is 2.19. The van der Waals surface area contributed by atoms with Crippen LogP contribution in [0.15, 0.2) is 146 Å². The number of hydrogen-bond acceptors (Lipinski definition) is 6. The SMILES string of the molecule is CC/C=C\C/C=C\C/C=C\C/C=C\C/C=C\C/C=C\CCCCCCCCC(=O)OCC(COC(=O)CCCCCCCCC/C=C\CCCCCCCC)OC(=O)CCCCCCCCC/C=C\C/C=C\C/C=C\C/C=C\C/C=C\CC. The molecule has 0 N–H and O–H groups in total. The maximum absolute atomic E-state index is 13.0. The summed E-state index contributed by atoms with van der Waals surface area (Å²) in [5.74, 6) is -0.919. The third-order valence-electron chi connectivity index (χ3n) is 14.3. The first kappa shape index (κ1) is 78.3. The van der Waals surface area contributed by atoms with Crippen molar-refractivity contribution in [1.29, 1.82) is 0 Å². The van der Waals surface area contributed by atoms with E-state index in [2.05, 4.69) is 167 Å². The van der Waals surface area contributed by atoms with Gasteiger partial charge < -0.3 is 14.2 Å². The molecule has 1 unspecified atom stereocenters. The molecule has 0 aliphatic rings. The minimum Gasteiger partial charge on any atom is -0.462 e. The van der Waals surface area contributed by atoms with E-state index in [4.69, 9.17) is 14.2 Å². The molecular weight excluding hydrogens is 1020 g/mol. The summed E-state index contributed by atoms with van der Waals surface area (Å²) in [6.45, 7) is 6.40. The molecular formula is C77H126O6. The Balaban J connectivity index is 4.46. The van der Waals surface area contributed by atoms with Crippen LogP contribution in [0.25, 0.3) is 0 Å². The van der Waals surface area contributed by atoms with E-state index in [0.29, 0.717) is 19.3 Å². The zero-order valence-corrected chi connectivity index (χ0v) is 53.9. The monoisotopic (exact) mass is 1150 g/mol. The molecule has 0 amide bonds. The Labute approximate surface area is 512 Å². The van der Waals surface area contributed by atoms with Gasteiger partial charge in [0.05, 0.1) is 0 Å². The number of esters is 3. The van der Waals surface area contributed by atoms with E-state index in [0.717, 1.165) is 154 Å². The summed E-state index contributed by atoms with van der Waals surface area (Å²) in [5, 5.41) is 0. The molecule has 6 heteroatoms. The molecule has 0 aromatic carbocycles. The van der Waals surface area contributed by atoms with Crippen LogP contribution in [0.4, 0.5) is 0 Å². The molecule has 0 fully saturated rings. The van der Waals surface area contributed by atoms with Crippen LogP contribution in [0.2, 0.25) is 0 Å². The quantitative estimate of drug-likeness (QED) is 0.0261. The van der Waals surface area contributed by atoms with Gasteiger partial charge >= 0.3 is 17.9 Å². The minimum absolute atomic E-state index is 0.0938. The van der Waals surface area contributed by atoms with Gasteiger partial charge in [-0.3, -0.25) is 14.4 Å². The van der Waals surface area contributed by atoms with Crippen LogP contribution >= 0.6 is 0 Å². The molecule has 1 atom stereocenters. The molecule has 470 valence electrons. The Bertz CT molecular complexity index is 1800. The van der Waals surface area contributed by atoms with Crippen molar-refractivity contribution in [3.8, 4) is 0 Å². The lowest BCUT2D eigenvalue weighted by atomic mass is 10.1. The maximum atomic E-state index is 13.0. The van der Waals surface area contributed by atoms with Crippen molar-refractivity contribution in [3.63, 3.8) is 0 Å². The highest BCUT2D eigenvalue weighted by atomic mass is 16.6. The van der Waals surface area contributed by atoms with Gasteiger partial charge in [-0.15, -0.1) is 0 Å². The Morgan fingerprint density at radius 2 is 0.470 bits per heavy atom. The van der Waals surface area contributed by atoms with Crippen molar-refractivity contribution < 1.29 is 28.6 Å². The van der Waals surface area contributed by atoms with Gasteiger partial charge in [-0.25, -0.2) is 0 Å². The summed E-state index contributed by atoms with van der Waals surface area (Å²) in [4.78, 5) is 38.5. The number of carbonyl (C=O) groups excluding carboxylic acids is 3. The van der Waals surface area contributed by atoms with Gasteiger partial charge in [0.25, 0.3) is 0 Å². The van der Waals surface area contributed by atoms with Crippen LogP contribution in [0.1, 0.15) is 303 Å². The van der Waals surface area contributed by atoms with E-state index < -0.39 is 6.10 Å². The standard InChI is InChI=1S/C77H126O6/c1-4-7-10-13-16-19-22-25-28-31-33-35-37-38-40-41-43-46-49-52-55-58-61-64-67-70-76(79)82-73-74(72-81-75(78)69-66-63-60-57-54-51-48-45-30-27-24-21-18-15-12-9-6-3)83-77(80)71-68-65-62-59-56-53-50-47-44-42-39-36-34-32-29-26-23-20-17-14-11-8-5-2/h7-8,10-11,16-17,19-20,25-30,33-36,38,40,42-44,46,74H,4-6,9,12-15,18,21-24,31-32,37,39,41,45,47-73H2,1-3H3/b10-7-,11-8-,19-16-,20-17-,28-25-,29-26-,30-27-,35-33-,36-34-,40-38-,44-42-,46-43-. The van der Waals surface area contributed by atoms with E-state index in [1.807, 2.05) is 0 Å². The van der Waals surface area contributed by atoms with Crippen molar-refractivity contribution in [3.05, 3.63) is 146 Å². The smallest absolute Gasteiger partial charge is 0.306 e. The second kappa shape index (κ2) is 69.8. The van der Waals surface area contributed by atoms with Crippen LogP contribution in [-0.4, -0.2) is 37.2 Å². The fourth-order valence-corrected chi connectivity index (χ4v) is 9.23. The molecule has 6 nitrogen and oxygen atoms in total. The Morgan fingerprint density at radius 1 is 0.253 bits per heavy atom. The lowest BCUT2D eigenvalue weighted by molar-refractivity contribution is -0.167. The average Bonchev–Trinajstić information content (AvgIpc) is 3.49. The maximum Gasteiger partial charge on any atom is 0.306 e. The summed E-state index contributed by atoms with van der Waals surface area (Å²) in [7, 11) is 0. The highest BCUT2D eigenvalue weighted by Crippen LogP contribution is 2.15. The van der Waals surface area contributed by atoms with Crippen LogP contribution in [0.5, 0.6) is 0 Å². The van der Waals surface area contributed by atoms with Crippen molar-refractivity contribution in [2.75, 3.05) is 13.2 Å². The molecule has 0 rings (SSSR count). The van der Waals surface area contributed by atoms with Crippen LogP contribution in [-0.2, 0) is 28.6 Å². The molecule has 0 aromatic rings. The largest absolute Gasteiger partial charge is 0.462 e. The highest BCUT2D eigenvalue weighted by molar-refractivity contribution is 5.71. The molecule has 83 heavy (non-hydrogen) atoms. The fourth-order valence-electron chi connectivity index (χ4n) is 9.23. The Morgan fingerprint density at radius 3 is 0.747 bits per heavy atom. The van der Waals surface area contributed by atoms with Gasteiger partial charge in [0.15, 0.2) is 6.10 Å². The predicted molar refractivity (Wildman–Crippen MR) is 362 cm³/mol. The zero-order valence-electron chi connectivity index (χ0n) is 53.9. The molecule has 0 bridgehead atoms. The predicted octanol–water partition coefficient (Wildman–Crippen LogP) is 23.9. The van der Waals surface area contributed by atoms with Gasteiger partial charge in [0.1, 0.15) is 13.2 Å². The van der Waals surface area contributed by atoms with E-state index in [1.165, 1.54) is 109 Å². The third-order valence-corrected chi connectivity index (χ3v) is 14.3. The Hall–Kier alpha value is -4.71. The van der Waals surface area contributed by atoms with Crippen molar-refractivity contribution in [2.24, 2.45) is 0 Å². The Kier molecular flexibility index (Phi) is 65.8. The second-order valence-electron chi connectivity index (χ2n) is 22.3. The van der Waals surface area contributed by atoms with Crippen molar-refractivity contribution in [1.82, 2.24) is 0 Å². The van der Waals surface area contributed by atoms with Crippen LogP contribution < -0.4 is 0 Å². The molecule has 0 saturated heterocycles. The van der Waals surface area contributed by atoms with E-state index in [1.54, 1.807) is 0 Å². The van der Waals surface area contributed by atoms with Gasteiger partial charge in [0.2, 0.25) is 0 Å². The number of carbonyl (C=O) groups is 3. The lowest BCUT2D eigenvalue weighted by Crippen LogP contribution is -2.30. The number of allylic oxidation sites excluding steroid dienone is 24. The van der Waals surface area contributed by atoms with Gasteiger partial charge in [0, 0.05) is 19.3 Å². The van der Waals surface area contributed by atoms with Crippen molar-refractivity contribution >= 4 is 17.9 Å². The summed E-state index contributed by atoms with van der Waals surface area (Å²) in [5.41, 5.74) is 0. The lowest BCUT2D eigenvalue weighted by Gasteiger charge is -2.18. The van der Waals surface area contributed by atoms with E-state index in [9.17, 15) is 14.4 Å². The molecule has 0 saturated carbocycles. The topological polar surface area (TPSA) is 78.9 Å². The van der Waals surface area contributed by atoms with Gasteiger partial charge in [-0.2, -0.15) is 0 Å². The van der Waals surface area contributed by atoms with Crippen LogP contribution in [0.3, 0.4) is 0 Å². The summed E-state index contributed by atoms with van der Waals surface area (Å²) >= 11 is 0. The molecule has 0 aliphatic heterocycles. The summed E-state index contributed by atoms with van der Waals surface area (Å²) in [6.07, 6.45) is 99.9. The number of hydrogen-bond donors (Lipinski definition) is 0. The zero-order chi connectivity index (χ0) is 59.9. The average molecular weight is 1150 g/mol. The summed E-state index contributed by atoms with van der Waals surface area (Å²) in [6, 6.07) is 0. The molecule has 0 heterocycles. The first-order valence-corrected chi connectivity index (χ1v) is 34.3. The number of rotatable bonds is 61. The molecule has 0 spiro atoms. The first-order valence-electron chi connectivity index (χ1n) is 34.3. The first-order chi connectivity index (χ1) is 41.0. The van der Waals surface area contributed by atoms with Gasteiger partial charge in [-0.1, -0.05) is 289 Å². The normalized spacial score (nSPS) is 13.0. The van der Waals surface area contributed by atoms with Crippen LogP contribution in [0, 0.1) is 0 Å². The summed E-state index contributed by atoms with van der Waals surface area (Å²) < 4.78 is 17.0. The minimum atomic E-state index is -0.801. The van der Waals surface area contributed by atoms with Crippen molar-refractivity contribution in [2.45, 2.75) is 309 Å².